The summed E-state index contributed by atoms with van der Waals surface area (Å²) in [6, 6.07) is 14.1. The van der Waals surface area contributed by atoms with Crippen molar-refractivity contribution in [1.82, 2.24) is 0 Å². The van der Waals surface area contributed by atoms with E-state index in [0.29, 0.717) is 18.2 Å². The Morgan fingerprint density at radius 3 is 1.91 bits per heavy atom. The number of amides is 1. The van der Waals surface area contributed by atoms with Gasteiger partial charge in [0.05, 0.1) is 16.7 Å². The first-order chi connectivity index (χ1) is 20.4. The van der Waals surface area contributed by atoms with Crippen LogP contribution in [0.15, 0.2) is 84.9 Å². The number of alkyl halides is 6. The Morgan fingerprint density at radius 2 is 1.32 bits per heavy atom. The summed E-state index contributed by atoms with van der Waals surface area (Å²) in [5.74, 6) is -4.81. The Bertz CT molecular complexity index is 1660. The lowest BCUT2D eigenvalue weighted by Gasteiger charge is -2.43. The van der Waals surface area contributed by atoms with Crippen molar-refractivity contribution in [3.63, 3.8) is 0 Å². The molecule has 0 unspecified atom stereocenters. The van der Waals surface area contributed by atoms with E-state index in [4.69, 9.17) is 0 Å². The van der Waals surface area contributed by atoms with Crippen LogP contribution in [0.3, 0.4) is 0 Å². The van der Waals surface area contributed by atoms with Crippen LogP contribution in [0.2, 0.25) is 0 Å². The first-order valence-corrected chi connectivity index (χ1v) is 13.4. The highest BCUT2D eigenvalue weighted by Gasteiger charge is 2.44. The summed E-state index contributed by atoms with van der Waals surface area (Å²) in [5.41, 5.74) is -6.04. The number of nitrogens with zero attached hydrogens (tertiary/aromatic N) is 1. The molecule has 0 saturated heterocycles. The predicted molar refractivity (Wildman–Crippen MR) is 147 cm³/mol. The van der Waals surface area contributed by atoms with Crippen LogP contribution in [0.25, 0.3) is 0 Å². The number of carbonyl (C=O) groups excluding carboxylic acids is 1. The minimum absolute atomic E-state index is 0.00504. The van der Waals surface area contributed by atoms with Crippen molar-refractivity contribution in [1.29, 1.82) is 0 Å². The Kier molecular flexibility index (Phi) is 8.91. The molecule has 44 heavy (non-hydrogen) atoms. The molecule has 4 aromatic rings. The van der Waals surface area contributed by atoms with Gasteiger partial charge in [-0.3, -0.25) is 9.69 Å². The number of halogens is 9. The minimum Gasteiger partial charge on any atom is -0.294 e. The van der Waals surface area contributed by atoms with Gasteiger partial charge in [0.15, 0.2) is 0 Å². The van der Waals surface area contributed by atoms with E-state index >= 15 is 0 Å². The third-order valence-electron chi connectivity index (χ3n) is 7.21. The molecule has 0 aliphatic carbocycles. The summed E-state index contributed by atoms with van der Waals surface area (Å²) in [6.07, 6.45) is -9.99. The van der Waals surface area contributed by atoms with Gasteiger partial charge in [0, 0.05) is 11.3 Å². The lowest BCUT2D eigenvalue weighted by molar-refractivity contribution is -0.140. The van der Waals surface area contributed by atoms with Crippen LogP contribution in [0, 0.1) is 23.4 Å². The van der Waals surface area contributed by atoms with E-state index in [0.717, 1.165) is 23.1 Å². The van der Waals surface area contributed by atoms with Crippen LogP contribution in [0.4, 0.5) is 45.2 Å². The van der Waals surface area contributed by atoms with E-state index in [1.807, 2.05) is 0 Å². The number of rotatable bonds is 7. The third kappa shape index (κ3) is 6.61. The zero-order valence-corrected chi connectivity index (χ0v) is 23.6. The van der Waals surface area contributed by atoms with Gasteiger partial charge in [-0.05, 0) is 90.6 Å². The molecular formula is C33H26F9NO. The van der Waals surface area contributed by atoms with Crippen molar-refractivity contribution in [2.75, 3.05) is 4.90 Å². The quantitative estimate of drug-likeness (QED) is 0.188. The zero-order valence-electron chi connectivity index (χ0n) is 23.6. The van der Waals surface area contributed by atoms with E-state index in [2.05, 4.69) is 0 Å². The fourth-order valence-corrected chi connectivity index (χ4v) is 5.09. The van der Waals surface area contributed by atoms with E-state index in [9.17, 15) is 44.3 Å². The normalized spacial score (nSPS) is 13.6. The molecule has 0 radical (unpaired) electrons. The number of anilines is 1. The molecule has 11 heteroatoms. The summed E-state index contributed by atoms with van der Waals surface area (Å²) in [7, 11) is 0. The SMILES string of the molecule is CC(C)Cc1cc([C@](C)(c2cc(F)cc(C(F)(F)F)c2)N(C(=O)c2ccc(F)c(C(F)(F)F)c2)c2ccccc2)ccc1F. The summed E-state index contributed by atoms with van der Waals surface area (Å²) in [5, 5.41) is 0. The highest BCUT2D eigenvalue weighted by Crippen LogP contribution is 2.43. The maximum Gasteiger partial charge on any atom is 0.419 e. The molecule has 0 aliphatic rings. The highest BCUT2D eigenvalue weighted by atomic mass is 19.4. The number of carbonyl (C=O) groups is 1. The molecule has 4 rings (SSSR count). The van der Waals surface area contributed by atoms with Gasteiger partial charge < -0.3 is 0 Å². The molecule has 0 heterocycles. The second kappa shape index (κ2) is 12.0. The van der Waals surface area contributed by atoms with Gasteiger partial charge in [-0.1, -0.05) is 44.2 Å². The molecule has 0 saturated carbocycles. The van der Waals surface area contributed by atoms with Crippen molar-refractivity contribution < 1.29 is 44.3 Å². The summed E-state index contributed by atoms with van der Waals surface area (Å²) in [6.45, 7) is 4.90. The Hall–Kier alpha value is -4.28. The van der Waals surface area contributed by atoms with E-state index in [1.165, 1.54) is 43.3 Å². The minimum atomic E-state index is -5.17. The average molecular weight is 624 g/mol. The number of hydrogen-bond acceptors (Lipinski definition) is 1. The lowest BCUT2D eigenvalue weighted by Crippen LogP contribution is -2.49. The number of benzene rings is 4. The van der Waals surface area contributed by atoms with Crippen molar-refractivity contribution >= 4 is 11.6 Å². The van der Waals surface area contributed by atoms with E-state index in [-0.39, 0.29) is 35.2 Å². The highest BCUT2D eigenvalue weighted by molar-refractivity contribution is 6.07. The summed E-state index contributed by atoms with van der Waals surface area (Å²) >= 11 is 0. The van der Waals surface area contributed by atoms with Gasteiger partial charge in [0.1, 0.15) is 17.5 Å². The van der Waals surface area contributed by atoms with Crippen LogP contribution in [0.1, 0.15) is 58.9 Å². The number of hydrogen-bond donors (Lipinski definition) is 0. The van der Waals surface area contributed by atoms with Crippen molar-refractivity contribution in [2.24, 2.45) is 5.92 Å². The predicted octanol–water partition coefficient (Wildman–Crippen LogP) is 9.95. The van der Waals surface area contributed by atoms with Gasteiger partial charge in [-0.25, -0.2) is 13.2 Å². The fourth-order valence-electron chi connectivity index (χ4n) is 5.09. The van der Waals surface area contributed by atoms with Crippen LogP contribution < -0.4 is 4.90 Å². The first-order valence-electron chi connectivity index (χ1n) is 13.4. The Labute approximate surface area is 247 Å². The summed E-state index contributed by atoms with van der Waals surface area (Å²) < 4.78 is 127. The van der Waals surface area contributed by atoms with Crippen LogP contribution >= 0.6 is 0 Å². The smallest absolute Gasteiger partial charge is 0.294 e. The lowest BCUT2D eigenvalue weighted by atomic mass is 9.80. The van der Waals surface area contributed by atoms with E-state index < -0.39 is 63.5 Å². The van der Waals surface area contributed by atoms with Gasteiger partial charge in [-0.2, -0.15) is 26.3 Å². The number of para-hydroxylation sites is 1. The van der Waals surface area contributed by atoms with E-state index in [1.54, 1.807) is 19.9 Å². The standard InChI is InChI=1S/C33H26F9NO/c1-19(2)13-21-14-22(10-12-28(21)35)31(3,23-16-24(32(37,38)39)18-25(34)17-23)43(26-7-5-4-6-8-26)30(44)20-9-11-29(36)27(15-20)33(40,41)42/h4-12,14-19H,13H2,1-3H3/t31-/m1/s1. The monoisotopic (exact) mass is 623 g/mol. The topological polar surface area (TPSA) is 20.3 Å². The second-order valence-electron chi connectivity index (χ2n) is 10.9. The molecule has 0 aliphatic heterocycles. The molecule has 1 atom stereocenters. The molecule has 0 N–H and O–H groups in total. The molecule has 0 aromatic heterocycles. The second-order valence-corrected chi connectivity index (χ2v) is 10.9. The van der Waals surface area contributed by atoms with Crippen molar-refractivity contribution in [3.8, 4) is 0 Å². The molecule has 1 amide bonds. The van der Waals surface area contributed by atoms with Crippen LogP contribution in [-0.4, -0.2) is 5.91 Å². The maximum absolute atomic E-state index is 14.9. The van der Waals surface area contributed by atoms with Crippen LogP contribution in [0.5, 0.6) is 0 Å². The Balaban J connectivity index is 2.10. The molecule has 0 spiro atoms. The molecule has 0 fully saturated rings. The zero-order chi connectivity index (χ0) is 32.6. The van der Waals surface area contributed by atoms with Gasteiger partial charge in [0.25, 0.3) is 5.91 Å². The average Bonchev–Trinajstić information content (AvgIpc) is 2.93. The Morgan fingerprint density at radius 1 is 0.705 bits per heavy atom. The molecule has 232 valence electrons. The largest absolute Gasteiger partial charge is 0.419 e. The fraction of sp³-hybridized carbons (Fsp3) is 0.242. The third-order valence-corrected chi connectivity index (χ3v) is 7.21. The van der Waals surface area contributed by atoms with Crippen molar-refractivity contribution in [2.45, 2.75) is 45.1 Å². The first kappa shape index (κ1) is 32.6. The maximum atomic E-state index is 14.9. The molecule has 4 aromatic carbocycles. The molecular weight excluding hydrogens is 597 g/mol. The van der Waals surface area contributed by atoms with Gasteiger partial charge in [0.2, 0.25) is 0 Å². The van der Waals surface area contributed by atoms with Gasteiger partial charge in [-0.15, -0.1) is 0 Å². The van der Waals surface area contributed by atoms with Gasteiger partial charge >= 0.3 is 12.4 Å². The molecule has 0 bridgehead atoms. The summed E-state index contributed by atoms with van der Waals surface area (Å²) in [4.78, 5) is 15.2. The molecule has 2 nitrogen and oxygen atoms in total. The van der Waals surface area contributed by atoms with Crippen molar-refractivity contribution in [3.05, 3.63) is 136 Å². The van der Waals surface area contributed by atoms with Crippen LogP contribution in [-0.2, 0) is 24.3 Å².